The van der Waals surface area contributed by atoms with Crippen LogP contribution < -0.4 is 15.4 Å². The first-order valence-electron chi connectivity index (χ1n) is 6.68. The summed E-state index contributed by atoms with van der Waals surface area (Å²) in [4.78, 5) is 22.3. The molecule has 0 spiro atoms. The number of halogens is 3. The molecule has 1 aromatic rings. The van der Waals surface area contributed by atoms with Crippen LogP contribution in [0, 0.1) is 0 Å². The number of urea groups is 1. The van der Waals surface area contributed by atoms with Crippen molar-refractivity contribution in [2.75, 3.05) is 13.7 Å². The summed E-state index contributed by atoms with van der Waals surface area (Å²) in [5.74, 6) is -1.27. The molecule has 0 aliphatic heterocycles. The van der Waals surface area contributed by atoms with Gasteiger partial charge in [0, 0.05) is 0 Å². The third-order valence-corrected chi connectivity index (χ3v) is 3.11. The Hall–Kier alpha value is -2.49. The van der Waals surface area contributed by atoms with Gasteiger partial charge >= 0.3 is 18.2 Å². The SMILES string of the molecule is COc1ccc(C(NC(=O)NCC(C)(O)C(=O)O)C(F)(F)F)cc1. The second kappa shape index (κ2) is 7.39. The third-order valence-electron chi connectivity index (χ3n) is 3.11. The van der Waals surface area contributed by atoms with Crippen molar-refractivity contribution in [3.8, 4) is 5.75 Å². The molecule has 0 bridgehead atoms. The third kappa shape index (κ3) is 5.30. The van der Waals surface area contributed by atoms with E-state index in [0.29, 0.717) is 5.75 Å². The van der Waals surface area contributed by atoms with E-state index in [1.54, 1.807) is 5.32 Å². The van der Waals surface area contributed by atoms with Crippen molar-refractivity contribution >= 4 is 12.0 Å². The summed E-state index contributed by atoms with van der Waals surface area (Å²) < 4.78 is 44.3. The van der Waals surface area contributed by atoms with Gasteiger partial charge in [-0.1, -0.05) is 12.1 Å². The number of rotatable bonds is 6. The summed E-state index contributed by atoms with van der Waals surface area (Å²) in [6.45, 7) is 0.141. The Balaban J connectivity index is 2.83. The molecule has 0 aliphatic rings. The highest BCUT2D eigenvalue weighted by molar-refractivity contribution is 5.79. The predicted molar refractivity (Wildman–Crippen MR) is 76.6 cm³/mol. The van der Waals surface area contributed by atoms with Gasteiger partial charge in [0.1, 0.15) is 5.75 Å². The van der Waals surface area contributed by atoms with Crippen molar-refractivity contribution in [2.45, 2.75) is 24.7 Å². The fraction of sp³-hybridized carbons (Fsp3) is 0.429. The van der Waals surface area contributed by atoms with Crippen LogP contribution in [0.4, 0.5) is 18.0 Å². The maximum atomic E-state index is 13.1. The number of ether oxygens (including phenoxy) is 1. The van der Waals surface area contributed by atoms with Gasteiger partial charge in [0.25, 0.3) is 0 Å². The number of amides is 2. The number of carbonyl (C=O) groups excluding carboxylic acids is 1. The number of alkyl halides is 3. The lowest BCUT2D eigenvalue weighted by molar-refractivity contribution is -0.157. The van der Waals surface area contributed by atoms with E-state index in [1.807, 2.05) is 5.32 Å². The normalized spacial score (nSPS) is 15.1. The van der Waals surface area contributed by atoms with Crippen LogP contribution in [0.25, 0.3) is 0 Å². The number of nitrogens with one attached hydrogen (secondary N) is 2. The van der Waals surface area contributed by atoms with Gasteiger partial charge in [-0.3, -0.25) is 0 Å². The van der Waals surface area contributed by atoms with E-state index in [-0.39, 0.29) is 5.56 Å². The van der Waals surface area contributed by atoms with Crippen LogP contribution >= 0.6 is 0 Å². The van der Waals surface area contributed by atoms with Crippen molar-refractivity contribution in [3.63, 3.8) is 0 Å². The molecule has 24 heavy (non-hydrogen) atoms. The molecule has 0 aliphatic carbocycles. The summed E-state index contributed by atoms with van der Waals surface area (Å²) >= 11 is 0. The van der Waals surface area contributed by atoms with Crippen LogP contribution in [0.1, 0.15) is 18.5 Å². The Morgan fingerprint density at radius 1 is 1.25 bits per heavy atom. The summed E-state index contributed by atoms with van der Waals surface area (Å²) in [6.07, 6.45) is -4.78. The number of methoxy groups -OCH3 is 1. The fourth-order valence-corrected chi connectivity index (χ4v) is 1.66. The Labute approximate surface area is 135 Å². The first kappa shape index (κ1) is 19.6. The van der Waals surface area contributed by atoms with E-state index < -0.39 is 36.4 Å². The Kier molecular flexibility index (Phi) is 6.02. The maximum absolute atomic E-state index is 13.1. The van der Waals surface area contributed by atoms with E-state index in [2.05, 4.69) is 0 Å². The first-order valence-corrected chi connectivity index (χ1v) is 6.68. The molecule has 1 aromatic carbocycles. The number of carbonyl (C=O) groups is 2. The number of aliphatic hydroxyl groups is 1. The molecule has 0 saturated carbocycles. The summed E-state index contributed by atoms with van der Waals surface area (Å²) in [5, 5.41) is 21.7. The van der Waals surface area contributed by atoms with E-state index in [1.165, 1.54) is 19.2 Å². The monoisotopic (exact) mass is 350 g/mol. The van der Waals surface area contributed by atoms with Crippen LogP contribution in [0.15, 0.2) is 24.3 Å². The predicted octanol–water partition coefficient (Wildman–Crippen LogP) is 1.43. The number of hydrogen-bond donors (Lipinski definition) is 4. The number of carboxylic acids is 1. The van der Waals surface area contributed by atoms with Crippen molar-refractivity contribution < 1.29 is 37.7 Å². The van der Waals surface area contributed by atoms with Gasteiger partial charge in [-0.25, -0.2) is 9.59 Å². The van der Waals surface area contributed by atoms with Crippen LogP contribution in [-0.2, 0) is 4.79 Å². The largest absolute Gasteiger partial charge is 0.497 e. The molecular formula is C14H17F3N2O5. The highest BCUT2D eigenvalue weighted by atomic mass is 19.4. The summed E-state index contributed by atoms with van der Waals surface area (Å²) in [6, 6.07) is 1.33. The van der Waals surface area contributed by atoms with E-state index in [9.17, 15) is 27.9 Å². The molecule has 0 aromatic heterocycles. The molecule has 134 valence electrons. The second-order valence-corrected chi connectivity index (χ2v) is 5.15. The average Bonchev–Trinajstić information content (AvgIpc) is 2.49. The number of aliphatic carboxylic acids is 1. The molecule has 0 saturated heterocycles. The molecule has 1 rings (SSSR count). The lowest BCUT2D eigenvalue weighted by atomic mass is 10.1. The summed E-state index contributed by atoms with van der Waals surface area (Å²) in [7, 11) is 1.36. The topological polar surface area (TPSA) is 108 Å². The van der Waals surface area contributed by atoms with Gasteiger partial charge < -0.3 is 25.6 Å². The van der Waals surface area contributed by atoms with Crippen molar-refractivity contribution in [3.05, 3.63) is 29.8 Å². The highest BCUT2D eigenvalue weighted by Crippen LogP contribution is 2.33. The first-order chi connectivity index (χ1) is 11.0. The lowest BCUT2D eigenvalue weighted by Crippen LogP contribution is -2.51. The molecule has 2 amide bonds. The average molecular weight is 350 g/mol. The number of benzene rings is 1. The number of carboxylic acid groups (broad SMARTS) is 1. The molecule has 2 unspecified atom stereocenters. The van der Waals surface area contributed by atoms with E-state index in [0.717, 1.165) is 19.1 Å². The molecule has 7 nitrogen and oxygen atoms in total. The molecule has 0 heterocycles. The van der Waals surface area contributed by atoms with Gasteiger partial charge in [-0.15, -0.1) is 0 Å². The Morgan fingerprint density at radius 3 is 2.21 bits per heavy atom. The quantitative estimate of drug-likeness (QED) is 0.621. The van der Waals surface area contributed by atoms with Crippen molar-refractivity contribution in [1.29, 1.82) is 0 Å². The van der Waals surface area contributed by atoms with Gasteiger partial charge in [0.2, 0.25) is 0 Å². The van der Waals surface area contributed by atoms with Crippen LogP contribution in [0.5, 0.6) is 5.75 Å². The van der Waals surface area contributed by atoms with Crippen molar-refractivity contribution in [1.82, 2.24) is 10.6 Å². The minimum Gasteiger partial charge on any atom is -0.497 e. The zero-order valence-electron chi connectivity index (χ0n) is 12.8. The fourth-order valence-electron chi connectivity index (χ4n) is 1.66. The zero-order chi connectivity index (χ0) is 18.5. The van der Waals surface area contributed by atoms with Gasteiger partial charge in [0.15, 0.2) is 11.6 Å². The molecular weight excluding hydrogens is 333 g/mol. The van der Waals surface area contributed by atoms with Crippen LogP contribution in [-0.4, -0.2) is 47.6 Å². The van der Waals surface area contributed by atoms with E-state index in [4.69, 9.17) is 9.84 Å². The van der Waals surface area contributed by atoms with Crippen LogP contribution in [0.2, 0.25) is 0 Å². The lowest BCUT2D eigenvalue weighted by Gasteiger charge is -2.24. The molecule has 4 N–H and O–H groups in total. The minimum atomic E-state index is -4.78. The highest BCUT2D eigenvalue weighted by Gasteiger charge is 2.42. The van der Waals surface area contributed by atoms with Crippen LogP contribution in [0.3, 0.4) is 0 Å². The maximum Gasteiger partial charge on any atom is 0.412 e. The van der Waals surface area contributed by atoms with Gasteiger partial charge in [-0.05, 0) is 24.6 Å². The summed E-state index contributed by atoms with van der Waals surface area (Å²) in [5.41, 5.74) is -2.53. The zero-order valence-corrected chi connectivity index (χ0v) is 12.8. The van der Waals surface area contributed by atoms with Gasteiger partial charge in [-0.2, -0.15) is 13.2 Å². The van der Waals surface area contributed by atoms with Gasteiger partial charge in [0.05, 0.1) is 13.7 Å². The Morgan fingerprint density at radius 2 is 1.79 bits per heavy atom. The molecule has 2 atom stereocenters. The number of hydrogen-bond acceptors (Lipinski definition) is 4. The Bertz CT molecular complexity index is 587. The molecule has 10 heteroatoms. The van der Waals surface area contributed by atoms with Crippen molar-refractivity contribution in [2.24, 2.45) is 0 Å². The minimum absolute atomic E-state index is 0.233. The molecule has 0 fully saturated rings. The molecule has 0 radical (unpaired) electrons. The van der Waals surface area contributed by atoms with E-state index >= 15 is 0 Å². The standard InChI is InChI=1S/C14H17F3N2O5/c1-13(23,11(20)21)7-18-12(22)19-10(14(15,16)17)8-3-5-9(24-2)6-4-8/h3-6,10,23H,7H2,1-2H3,(H,20,21)(H2,18,19,22). The smallest absolute Gasteiger partial charge is 0.412 e. The second-order valence-electron chi connectivity index (χ2n) is 5.15.